The number of carbonyl (C=O) groups excluding carboxylic acids is 2. The summed E-state index contributed by atoms with van der Waals surface area (Å²) in [5.74, 6) is -1.49. The number of hydrogen-bond acceptors (Lipinski definition) is 4. The van der Waals surface area contributed by atoms with Crippen LogP contribution in [0.2, 0.25) is 0 Å². The average molecular weight is 291 g/mol. The molecule has 1 N–H and O–H groups in total. The Kier molecular flexibility index (Phi) is 3.97. The van der Waals surface area contributed by atoms with Crippen LogP contribution >= 0.6 is 0 Å². The molecule has 0 spiro atoms. The Morgan fingerprint density at radius 3 is 2.71 bits per heavy atom. The van der Waals surface area contributed by atoms with Crippen molar-refractivity contribution in [3.05, 3.63) is 28.8 Å². The first-order valence-electron chi connectivity index (χ1n) is 6.63. The molecule has 1 aromatic rings. The monoisotopic (exact) mass is 291 g/mol. The van der Waals surface area contributed by atoms with Gasteiger partial charge in [-0.1, -0.05) is 6.92 Å². The molecule has 1 heterocycles. The van der Waals surface area contributed by atoms with Gasteiger partial charge in [-0.05, 0) is 24.6 Å². The van der Waals surface area contributed by atoms with Crippen LogP contribution in [-0.4, -0.2) is 34.9 Å². The van der Waals surface area contributed by atoms with Gasteiger partial charge in [0, 0.05) is 24.1 Å². The van der Waals surface area contributed by atoms with Crippen molar-refractivity contribution in [1.82, 2.24) is 5.06 Å². The molecular weight excluding hydrogens is 274 g/mol. The van der Waals surface area contributed by atoms with Gasteiger partial charge in [-0.15, -0.1) is 0 Å². The zero-order chi connectivity index (χ0) is 15.7. The Morgan fingerprint density at radius 1 is 1.43 bits per heavy atom. The van der Waals surface area contributed by atoms with Crippen molar-refractivity contribution in [3.8, 4) is 5.75 Å². The summed E-state index contributed by atoms with van der Waals surface area (Å²) in [6, 6.07) is 3.34. The Bertz CT molecular complexity index is 623. The first-order valence-corrected chi connectivity index (χ1v) is 6.63. The highest BCUT2D eigenvalue weighted by Gasteiger charge is 2.26. The number of fused-ring (bicyclic) bond motifs is 1. The van der Waals surface area contributed by atoms with E-state index in [2.05, 4.69) is 0 Å². The fourth-order valence-electron chi connectivity index (χ4n) is 2.31. The molecular formula is C15H17NO5. The fraction of sp³-hybridized carbons (Fsp3) is 0.400. The standard InChI is InChI=1S/C15H17NO5/c1-8-4-12-10(7-13(17)16(3)21-12)6-11(8)15(20)9(2)5-14(18)19/h4,6,9H,5,7H2,1-3H3,(H,18,19). The number of carboxylic acids is 1. The third kappa shape index (κ3) is 3.04. The molecule has 0 aliphatic carbocycles. The zero-order valence-electron chi connectivity index (χ0n) is 12.2. The lowest BCUT2D eigenvalue weighted by molar-refractivity contribution is -0.154. The van der Waals surface area contributed by atoms with E-state index in [0.29, 0.717) is 22.4 Å². The molecule has 112 valence electrons. The van der Waals surface area contributed by atoms with Gasteiger partial charge >= 0.3 is 5.97 Å². The number of carboxylic acid groups (broad SMARTS) is 1. The molecule has 1 amide bonds. The summed E-state index contributed by atoms with van der Waals surface area (Å²) in [5, 5.41) is 9.95. The van der Waals surface area contributed by atoms with E-state index in [1.807, 2.05) is 0 Å². The van der Waals surface area contributed by atoms with Crippen LogP contribution in [0.4, 0.5) is 0 Å². The van der Waals surface area contributed by atoms with Crippen molar-refractivity contribution in [3.63, 3.8) is 0 Å². The third-order valence-corrected chi connectivity index (χ3v) is 3.53. The van der Waals surface area contributed by atoms with Crippen molar-refractivity contribution < 1.29 is 24.3 Å². The molecule has 0 aromatic heterocycles. The van der Waals surface area contributed by atoms with Gasteiger partial charge in [-0.3, -0.25) is 14.4 Å². The van der Waals surface area contributed by atoms with Gasteiger partial charge in [0.05, 0.1) is 12.8 Å². The number of rotatable bonds is 4. The molecule has 1 atom stereocenters. The van der Waals surface area contributed by atoms with Crippen molar-refractivity contribution >= 4 is 17.7 Å². The number of nitrogens with zero attached hydrogens (tertiary/aromatic N) is 1. The van der Waals surface area contributed by atoms with Gasteiger partial charge in [0.15, 0.2) is 11.5 Å². The number of ketones is 1. The van der Waals surface area contributed by atoms with Crippen LogP contribution < -0.4 is 4.84 Å². The van der Waals surface area contributed by atoms with Crippen LogP contribution in [0.5, 0.6) is 5.75 Å². The minimum Gasteiger partial charge on any atom is -0.481 e. The molecule has 0 radical (unpaired) electrons. The Morgan fingerprint density at radius 2 is 2.10 bits per heavy atom. The third-order valence-electron chi connectivity index (χ3n) is 3.53. The Hall–Kier alpha value is -2.37. The second-order valence-corrected chi connectivity index (χ2v) is 5.30. The molecule has 6 heteroatoms. The van der Waals surface area contributed by atoms with Crippen LogP contribution in [0.1, 0.15) is 34.8 Å². The number of benzene rings is 1. The van der Waals surface area contributed by atoms with Gasteiger partial charge in [-0.2, -0.15) is 5.06 Å². The fourth-order valence-corrected chi connectivity index (χ4v) is 2.31. The molecule has 1 aliphatic rings. The lowest BCUT2D eigenvalue weighted by Crippen LogP contribution is -2.35. The first-order chi connectivity index (χ1) is 9.79. The number of likely N-dealkylation sites (N-methyl/N-ethyl adjacent to an activating group) is 1. The zero-order valence-corrected chi connectivity index (χ0v) is 12.2. The second kappa shape index (κ2) is 5.55. The summed E-state index contributed by atoms with van der Waals surface area (Å²) in [6.07, 6.45) is -0.0484. The van der Waals surface area contributed by atoms with E-state index in [-0.39, 0.29) is 24.5 Å². The molecule has 1 aliphatic heterocycles. The van der Waals surface area contributed by atoms with Crippen molar-refractivity contribution in [2.24, 2.45) is 5.92 Å². The van der Waals surface area contributed by atoms with E-state index in [1.54, 1.807) is 26.0 Å². The van der Waals surface area contributed by atoms with Crippen molar-refractivity contribution in [1.29, 1.82) is 0 Å². The van der Waals surface area contributed by atoms with Crippen LogP contribution in [0, 0.1) is 12.8 Å². The minimum atomic E-state index is -1.01. The first kappa shape index (κ1) is 15.0. The van der Waals surface area contributed by atoms with Gasteiger partial charge in [0.1, 0.15) is 0 Å². The number of aryl methyl sites for hydroxylation is 1. The average Bonchev–Trinajstić information content (AvgIpc) is 2.38. The van der Waals surface area contributed by atoms with E-state index in [0.717, 1.165) is 5.06 Å². The minimum absolute atomic E-state index is 0.166. The summed E-state index contributed by atoms with van der Waals surface area (Å²) in [5.41, 5.74) is 1.80. The van der Waals surface area contributed by atoms with E-state index in [1.165, 1.54) is 7.05 Å². The molecule has 1 unspecified atom stereocenters. The number of carbonyl (C=O) groups is 3. The van der Waals surface area contributed by atoms with Crippen LogP contribution in [0.3, 0.4) is 0 Å². The summed E-state index contributed by atoms with van der Waals surface area (Å²) >= 11 is 0. The molecule has 21 heavy (non-hydrogen) atoms. The van der Waals surface area contributed by atoms with Gasteiger partial charge < -0.3 is 9.94 Å². The highest BCUT2D eigenvalue weighted by Crippen LogP contribution is 2.29. The topological polar surface area (TPSA) is 83.9 Å². The van der Waals surface area contributed by atoms with Crippen LogP contribution in [0.15, 0.2) is 12.1 Å². The molecule has 0 saturated carbocycles. The number of hydroxylamine groups is 2. The Balaban J connectivity index is 2.34. The maximum atomic E-state index is 12.3. The molecule has 2 rings (SSSR count). The van der Waals surface area contributed by atoms with Crippen molar-refractivity contribution in [2.75, 3.05) is 7.05 Å². The molecule has 0 saturated heterocycles. The largest absolute Gasteiger partial charge is 0.481 e. The number of aliphatic carboxylic acids is 1. The quantitative estimate of drug-likeness (QED) is 0.852. The number of amides is 1. The second-order valence-electron chi connectivity index (χ2n) is 5.30. The van der Waals surface area contributed by atoms with Crippen LogP contribution in [-0.2, 0) is 16.0 Å². The van der Waals surface area contributed by atoms with E-state index < -0.39 is 11.9 Å². The van der Waals surface area contributed by atoms with Gasteiger partial charge in [-0.25, -0.2) is 0 Å². The summed E-state index contributed by atoms with van der Waals surface area (Å²) in [7, 11) is 1.54. The molecule has 0 fully saturated rings. The van der Waals surface area contributed by atoms with E-state index in [4.69, 9.17) is 9.94 Å². The molecule has 0 bridgehead atoms. The van der Waals surface area contributed by atoms with Crippen molar-refractivity contribution in [2.45, 2.75) is 26.7 Å². The van der Waals surface area contributed by atoms with Crippen LogP contribution in [0.25, 0.3) is 0 Å². The SMILES string of the molecule is Cc1cc2c(cc1C(=O)C(C)CC(=O)O)CC(=O)N(C)O2. The Labute approximate surface area is 122 Å². The summed E-state index contributed by atoms with van der Waals surface area (Å²) < 4.78 is 0. The maximum absolute atomic E-state index is 12.3. The smallest absolute Gasteiger partial charge is 0.304 e. The lowest BCUT2D eigenvalue weighted by Gasteiger charge is -2.26. The van der Waals surface area contributed by atoms with E-state index >= 15 is 0 Å². The molecule has 6 nitrogen and oxygen atoms in total. The summed E-state index contributed by atoms with van der Waals surface area (Å²) in [4.78, 5) is 40.1. The predicted molar refractivity (Wildman–Crippen MR) is 74.0 cm³/mol. The number of Topliss-reactive ketones (excluding diaryl/α,β-unsaturated/α-hetero) is 1. The normalized spacial score (nSPS) is 15.2. The lowest BCUT2D eigenvalue weighted by atomic mass is 9.91. The summed E-state index contributed by atoms with van der Waals surface area (Å²) in [6.45, 7) is 3.35. The van der Waals surface area contributed by atoms with Gasteiger partial charge in [0.25, 0.3) is 5.91 Å². The molecule has 1 aromatic carbocycles. The van der Waals surface area contributed by atoms with Gasteiger partial charge in [0.2, 0.25) is 0 Å². The number of hydrogen-bond donors (Lipinski definition) is 1. The highest BCUT2D eigenvalue weighted by molar-refractivity contribution is 6.01. The van der Waals surface area contributed by atoms with E-state index in [9.17, 15) is 14.4 Å². The predicted octanol–water partition coefficient (Wildman–Crippen LogP) is 1.60. The maximum Gasteiger partial charge on any atom is 0.304 e. The highest BCUT2D eigenvalue weighted by atomic mass is 16.7.